The molecule has 0 saturated carbocycles. The number of fused-ring (bicyclic) bond motifs is 1. The summed E-state index contributed by atoms with van der Waals surface area (Å²) < 4.78 is 2.15. The Morgan fingerprint density at radius 3 is 3.00 bits per heavy atom. The summed E-state index contributed by atoms with van der Waals surface area (Å²) in [6.45, 7) is 2.28. The fourth-order valence-corrected chi connectivity index (χ4v) is 2.70. The number of hydrogen-bond acceptors (Lipinski definition) is 2. The maximum absolute atomic E-state index is 4.44. The van der Waals surface area contributed by atoms with Crippen LogP contribution < -0.4 is 5.32 Å². The lowest BCUT2D eigenvalue weighted by molar-refractivity contribution is 0.462. The number of nitrogens with zero attached hydrogens (tertiary/aromatic N) is 2. The molecule has 2 aromatic heterocycles. The van der Waals surface area contributed by atoms with E-state index in [1.54, 1.807) is 0 Å². The second-order valence-electron chi connectivity index (χ2n) is 4.59. The quantitative estimate of drug-likeness (QED) is 0.789. The zero-order valence-electron chi connectivity index (χ0n) is 9.61. The molecule has 1 aliphatic heterocycles. The highest BCUT2D eigenvalue weighted by Gasteiger charge is 2.19. The number of rotatable bonds is 1. The average Bonchev–Trinajstić information content (AvgIpc) is 2.69. The van der Waals surface area contributed by atoms with Crippen LogP contribution in [0.3, 0.4) is 0 Å². The van der Waals surface area contributed by atoms with Gasteiger partial charge in [-0.05, 0) is 49.5 Å². The molecule has 3 heteroatoms. The molecule has 0 atom stereocenters. The molecule has 0 aliphatic carbocycles. The number of piperidine rings is 1. The van der Waals surface area contributed by atoms with E-state index in [-0.39, 0.29) is 0 Å². The molecule has 84 valence electrons. The Hall–Kier alpha value is -1.35. The molecule has 0 bridgehead atoms. The van der Waals surface area contributed by atoms with Crippen LogP contribution >= 0.6 is 0 Å². The fourth-order valence-electron chi connectivity index (χ4n) is 2.70. The van der Waals surface area contributed by atoms with Crippen LogP contribution in [0.1, 0.15) is 24.3 Å². The van der Waals surface area contributed by atoms with Crippen molar-refractivity contribution in [3.05, 3.63) is 30.1 Å². The Morgan fingerprint density at radius 2 is 2.19 bits per heavy atom. The van der Waals surface area contributed by atoms with Gasteiger partial charge >= 0.3 is 0 Å². The third kappa shape index (κ3) is 1.52. The second-order valence-corrected chi connectivity index (χ2v) is 4.59. The lowest BCUT2D eigenvalue weighted by Gasteiger charge is -2.22. The van der Waals surface area contributed by atoms with E-state index in [9.17, 15) is 0 Å². The van der Waals surface area contributed by atoms with Crippen molar-refractivity contribution in [2.45, 2.75) is 18.8 Å². The summed E-state index contributed by atoms with van der Waals surface area (Å²) >= 11 is 0. The minimum atomic E-state index is 0.703. The summed E-state index contributed by atoms with van der Waals surface area (Å²) in [4.78, 5) is 4.44. The van der Waals surface area contributed by atoms with E-state index >= 15 is 0 Å². The maximum atomic E-state index is 4.44. The van der Waals surface area contributed by atoms with Gasteiger partial charge in [-0.25, -0.2) is 4.98 Å². The van der Waals surface area contributed by atoms with Crippen molar-refractivity contribution in [2.24, 2.45) is 7.05 Å². The molecule has 0 unspecified atom stereocenters. The summed E-state index contributed by atoms with van der Waals surface area (Å²) in [6.07, 6.45) is 6.62. The van der Waals surface area contributed by atoms with E-state index in [2.05, 4.69) is 34.2 Å². The first-order chi connectivity index (χ1) is 7.86. The van der Waals surface area contributed by atoms with Crippen molar-refractivity contribution in [3.63, 3.8) is 0 Å². The summed E-state index contributed by atoms with van der Waals surface area (Å²) in [5.74, 6) is 0.703. The molecule has 1 aliphatic rings. The van der Waals surface area contributed by atoms with Crippen LogP contribution in [0.2, 0.25) is 0 Å². The molecule has 0 aromatic carbocycles. The molecule has 1 fully saturated rings. The molecule has 3 nitrogen and oxygen atoms in total. The summed E-state index contributed by atoms with van der Waals surface area (Å²) in [7, 11) is 2.08. The lowest BCUT2D eigenvalue weighted by Crippen LogP contribution is -2.26. The zero-order chi connectivity index (χ0) is 11.0. The highest BCUT2D eigenvalue weighted by Crippen LogP contribution is 2.31. The lowest BCUT2D eigenvalue weighted by atomic mass is 9.90. The van der Waals surface area contributed by atoms with Crippen molar-refractivity contribution in [2.75, 3.05) is 13.1 Å². The molecule has 3 rings (SSSR count). The van der Waals surface area contributed by atoms with Gasteiger partial charge in [0.05, 0.1) is 0 Å². The highest BCUT2D eigenvalue weighted by atomic mass is 15.0. The first kappa shape index (κ1) is 9.85. The van der Waals surface area contributed by atoms with Crippen molar-refractivity contribution < 1.29 is 0 Å². The van der Waals surface area contributed by atoms with Crippen molar-refractivity contribution in [1.29, 1.82) is 0 Å². The normalized spacial score (nSPS) is 18.1. The summed E-state index contributed by atoms with van der Waals surface area (Å²) in [5, 5.41) is 4.75. The topological polar surface area (TPSA) is 29.9 Å². The minimum absolute atomic E-state index is 0.703. The smallest absolute Gasteiger partial charge is 0.139 e. The molecular formula is C13H17N3. The second kappa shape index (κ2) is 3.91. The van der Waals surface area contributed by atoms with Crippen LogP contribution in [0, 0.1) is 0 Å². The zero-order valence-corrected chi connectivity index (χ0v) is 9.61. The van der Waals surface area contributed by atoms with Gasteiger partial charge in [-0.2, -0.15) is 0 Å². The van der Waals surface area contributed by atoms with Gasteiger partial charge in [0.2, 0.25) is 0 Å². The molecule has 16 heavy (non-hydrogen) atoms. The number of hydrogen-bond donors (Lipinski definition) is 1. The van der Waals surface area contributed by atoms with Crippen LogP contribution in [0.15, 0.2) is 24.5 Å². The average molecular weight is 215 g/mol. The van der Waals surface area contributed by atoms with Crippen molar-refractivity contribution >= 4 is 11.0 Å². The van der Waals surface area contributed by atoms with E-state index in [1.165, 1.54) is 23.8 Å². The maximum Gasteiger partial charge on any atom is 0.139 e. The summed E-state index contributed by atoms with van der Waals surface area (Å²) in [6, 6.07) is 4.23. The first-order valence-electron chi connectivity index (χ1n) is 5.97. The van der Waals surface area contributed by atoms with Gasteiger partial charge in [0.15, 0.2) is 0 Å². The van der Waals surface area contributed by atoms with Crippen molar-refractivity contribution in [1.82, 2.24) is 14.9 Å². The van der Waals surface area contributed by atoms with Crippen LogP contribution in [0.25, 0.3) is 11.0 Å². The Kier molecular flexibility index (Phi) is 2.40. The SMILES string of the molecule is Cn1cc(C2CCNCC2)c2cccnc21. The van der Waals surface area contributed by atoms with Crippen molar-refractivity contribution in [3.8, 4) is 0 Å². The predicted molar refractivity (Wildman–Crippen MR) is 65.6 cm³/mol. The Balaban J connectivity index is 2.08. The Morgan fingerprint density at radius 1 is 1.38 bits per heavy atom. The van der Waals surface area contributed by atoms with E-state index in [4.69, 9.17) is 0 Å². The predicted octanol–water partition coefficient (Wildman–Crippen LogP) is 2.04. The Labute approximate surface area is 95.5 Å². The first-order valence-corrected chi connectivity index (χ1v) is 5.97. The molecule has 0 spiro atoms. The number of pyridine rings is 1. The van der Waals surface area contributed by atoms with Gasteiger partial charge in [-0.3, -0.25) is 0 Å². The molecular weight excluding hydrogens is 198 g/mol. The number of aryl methyl sites for hydroxylation is 1. The van der Waals surface area contributed by atoms with Gasteiger partial charge in [-0.15, -0.1) is 0 Å². The molecule has 3 heterocycles. The number of nitrogens with one attached hydrogen (secondary N) is 1. The van der Waals surface area contributed by atoms with Crippen LogP contribution in [0.5, 0.6) is 0 Å². The third-order valence-electron chi connectivity index (χ3n) is 3.54. The minimum Gasteiger partial charge on any atom is -0.335 e. The third-order valence-corrected chi connectivity index (χ3v) is 3.54. The van der Waals surface area contributed by atoms with E-state index in [0.29, 0.717) is 5.92 Å². The van der Waals surface area contributed by atoms with Gasteiger partial charge < -0.3 is 9.88 Å². The molecule has 1 N–H and O–H groups in total. The summed E-state index contributed by atoms with van der Waals surface area (Å²) in [5.41, 5.74) is 2.59. The standard InChI is InChI=1S/C13H17N3/c1-16-9-12(10-4-7-14-8-5-10)11-3-2-6-15-13(11)16/h2-3,6,9-10,14H,4-5,7-8H2,1H3. The van der Waals surface area contributed by atoms with Gasteiger partial charge in [0, 0.05) is 24.8 Å². The van der Waals surface area contributed by atoms with E-state index in [1.807, 2.05) is 12.3 Å². The van der Waals surface area contributed by atoms with E-state index < -0.39 is 0 Å². The van der Waals surface area contributed by atoms with Gasteiger partial charge in [-0.1, -0.05) is 0 Å². The Bertz CT molecular complexity index is 495. The van der Waals surface area contributed by atoms with Crippen LogP contribution in [0.4, 0.5) is 0 Å². The van der Waals surface area contributed by atoms with E-state index in [0.717, 1.165) is 18.7 Å². The van der Waals surface area contributed by atoms with Crippen LogP contribution in [-0.2, 0) is 7.05 Å². The number of aromatic nitrogens is 2. The highest BCUT2D eigenvalue weighted by molar-refractivity contribution is 5.80. The van der Waals surface area contributed by atoms with Gasteiger partial charge in [0.25, 0.3) is 0 Å². The molecule has 0 radical (unpaired) electrons. The van der Waals surface area contributed by atoms with Gasteiger partial charge in [0.1, 0.15) is 5.65 Å². The molecule has 2 aromatic rings. The van der Waals surface area contributed by atoms with Crippen LogP contribution in [-0.4, -0.2) is 22.6 Å². The molecule has 1 saturated heterocycles. The fraction of sp³-hybridized carbons (Fsp3) is 0.462. The monoisotopic (exact) mass is 215 g/mol. The molecule has 0 amide bonds. The largest absolute Gasteiger partial charge is 0.335 e.